The lowest BCUT2D eigenvalue weighted by atomic mass is 9.52. The summed E-state index contributed by atoms with van der Waals surface area (Å²) in [7, 11) is 6.19. The van der Waals surface area contributed by atoms with Gasteiger partial charge in [-0.2, -0.15) is 0 Å². The van der Waals surface area contributed by atoms with Crippen molar-refractivity contribution in [1.29, 1.82) is 0 Å². The van der Waals surface area contributed by atoms with Crippen molar-refractivity contribution >= 4 is 52.3 Å². The van der Waals surface area contributed by atoms with Gasteiger partial charge in [0.1, 0.15) is 24.1 Å². The van der Waals surface area contributed by atoms with Crippen molar-refractivity contribution in [3.63, 3.8) is 0 Å². The minimum atomic E-state index is -2.99. The molecule has 4 aliphatic rings. The molecule has 0 spiro atoms. The number of phenolic OH excluding ortho intramolecular Hbond substituents is 1. The molecule has 2 amide bonds. The predicted molar refractivity (Wildman–Crippen MR) is 185 cm³/mol. The fourth-order valence-corrected chi connectivity index (χ4v) is 8.20. The van der Waals surface area contributed by atoms with Crippen molar-refractivity contribution < 1.29 is 68.6 Å². The van der Waals surface area contributed by atoms with E-state index in [-0.39, 0.29) is 30.6 Å². The number of phenols is 1. The summed E-state index contributed by atoms with van der Waals surface area (Å²) in [6, 6.07) is 0.0392. The van der Waals surface area contributed by atoms with Crippen LogP contribution in [0, 0.1) is 23.7 Å². The standard InChI is InChI=1S/C35H47N5O14/c1-34(2,3)37-11-17(41)38-15-10-16(39(4)5)13-8-12-9-14-21(40(6)7)24(44)20(31(36)50)30(49)35(14,29(48)18(12)23(43)19(13)22(15)42)54-33-27(47)25(45)26(46)28(53-33)32(51)52/h10,12,14,18,20-21,25-28,33,37,42,45-47H,8-9,11H2,1-7H3,(H2,36,50)(H,38,41)(H,51,52)/t12-,14-,18?,20?,21-,25-,26-,27+,28-,33-,35-/m0/s1. The molecule has 2 unspecified atom stereocenters. The van der Waals surface area contributed by atoms with Crippen LogP contribution in [0.2, 0.25) is 0 Å². The van der Waals surface area contributed by atoms with E-state index >= 15 is 4.79 Å². The number of hydrogen-bond donors (Lipinski definition) is 8. The van der Waals surface area contributed by atoms with Gasteiger partial charge >= 0.3 is 5.97 Å². The number of nitrogens with zero attached hydrogens (tertiary/aromatic N) is 2. The van der Waals surface area contributed by atoms with Crippen molar-refractivity contribution in [2.75, 3.05) is 45.0 Å². The second kappa shape index (κ2) is 14.4. The van der Waals surface area contributed by atoms with Crippen LogP contribution >= 0.6 is 0 Å². The number of amides is 2. The number of hydrogen-bond acceptors (Lipinski definition) is 16. The van der Waals surface area contributed by atoms with Crippen molar-refractivity contribution in [2.45, 2.75) is 81.5 Å². The molecule has 0 aromatic heterocycles. The summed E-state index contributed by atoms with van der Waals surface area (Å²) in [4.78, 5) is 98.8. The van der Waals surface area contributed by atoms with E-state index in [0.29, 0.717) is 11.3 Å². The number of carbonyl (C=O) groups excluding carboxylic acids is 6. The second-order valence-electron chi connectivity index (χ2n) is 15.8. The first-order valence-corrected chi connectivity index (χ1v) is 17.3. The Kier molecular flexibility index (Phi) is 10.9. The zero-order chi connectivity index (χ0) is 40.5. The van der Waals surface area contributed by atoms with Crippen molar-refractivity contribution in [2.24, 2.45) is 29.4 Å². The molecular formula is C35H47N5O14. The van der Waals surface area contributed by atoms with Crippen LogP contribution in [-0.4, -0.2) is 154 Å². The van der Waals surface area contributed by atoms with E-state index in [4.69, 9.17) is 15.2 Å². The molecule has 11 atom stereocenters. The highest BCUT2D eigenvalue weighted by molar-refractivity contribution is 6.32. The van der Waals surface area contributed by atoms with Gasteiger partial charge in [0.15, 0.2) is 47.0 Å². The fourth-order valence-electron chi connectivity index (χ4n) is 8.20. The summed E-state index contributed by atoms with van der Waals surface area (Å²) in [5.41, 5.74) is 2.36. The number of carboxylic acids is 1. The van der Waals surface area contributed by atoms with Gasteiger partial charge in [-0.15, -0.1) is 0 Å². The Morgan fingerprint density at radius 2 is 1.65 bits per heavy atom. The number of aliphatic hydroxyl groups is 3. The zero-order valence-electron chi connectivity index (χ0n) is 30.9. The number of nitrogens with two attached hydrogens (primary N) is 1. The molecule has 1 aromatic rings. The van der Waals surface area contributed by atoms with Crippen LogP contribution in [0.25, 0.3) is 0 Å². The number of anilines is 2. The number of benzene rings is 1. The number of ketones is 4. The summed E-state index contributed by atoms with van der Waals surface area (Å²) >= 11 is 0. The van der Waals surface area contributed by atoms with Crippen LogP contribution in [0.4, 0.5) is 11.4 Å². The molecule has 54 heavy (non-hydrogen) atoms. The summed E-state index contributed by atoms with van der Waals surface area (Å²) in [5, 5.41) is 58.6. The lowest BCUT2D eigenvalue weighted by Gasteiger charge is -2.55. The zero-order valence-corrected chi connectivity index (χ0v) is 30.9. The van der Waals surface area contributed by atoms with Gasteiger partial charge in [0.25, 0.3) is 0 Å². The Morgan fingerprint density at radius 3 is 2.19 bits per heavy atom. The smallest absolute Gasteiger partial charge is 0.335 e. The lowest BCUT2D eigenvalue weighted by Crippen LogP contribution is -2.76. The van der Waals surface area contributed by atoms with Gasteiger partial charge in [0.2, 0.25) is 11.8 Å². The molecule has 19 heteroatoms. The number of carboxylic acid groups (broad SMARTS) is 1. The number of fused-ring (bicyclic) bond motifs is 3. The van der Waals surface area contributed by atoms with E-state index in [0.717, 1.165) is 0 Å². The summed E-state index contributed by atoms with van der Waals surface area (Å²) in [5.74, 6) is -15.7. The van der Waals surface area contributed by atoms with E-state index in [2.05, 4.69) is 10.6 Å². The largest absolute Gasteiger partial charge is 0.505 e. The first kappa shape index (κ1) is 40.8. The summed E-state index contributed by atoms with van der Waals surface area (Å²) in [6.07, 6.45) is -11.6. The quantitative estimate of drug-likeness (QED) is 0.0930. The maximum atomic E-state index is 15.1. The maximum Gasteiger partial charge on any atom is 0.335 e. The van der Waals surface area contributed by atoms with Gasteiger partial charge in [0, 0.05) is 31.2 Å². The van der Waals surface area contributed by atoms with E-state index in [1.54, 1.807) is 19.0 Å². The van der Waals surface area contributed by atoms with E-state index in [1.165, 1.54) is 25.1 Å². The third-order valence-corrected chi connectivity index (χ3v) is 10.7. The fraction of sp³-hybridized carbons (Fsp3) is 0.629. The number of aliphatic hydroxyl groups excluding tert-OH is 3. The second-order valence-corrected chi connectivity index (χ2v) is 15.8. The molecule has 19 nitrogen and oxygen atoms in total. The molecule has 9 N–H and O–H groups in total. The lowest BCUT2D eigenvalue weighted by molar-refractivity contribution is -0.320. The number of Topliss-reactive ketones (excluding diaryl/α,β-unsaturated/α-hetero) is 4. The van der Waals surface area contributed by atoms with Crippen molar-refractivity contribution in [3.8, 4) is 5.75 Å². The normalized spacial score (nSPS) is 33.8. The third kappa shape index (κ3) is 6.67. The van der Waals surface area contributed by atoms with Gasteiger partial charge in [-0.05, 0) is 65.3 Å². The van der Waals surface area contributed by atoms with Crippen LogP contribution in [0.1, 0.15) is 43.1 Å². The molecule has 1 aromatic carbocycles. The minimum Gasteiger partial charge on any atom is -0.505 e. The molecular weight excluding hydrogens is 714 g/mol. The topological polar surface area (TPSA) is 296 Å². The first-order chi connectivity index (χ1) is 25.0. The molecule has 296 valence electrons. The van der Waals surface area contributed by atoms with E-state index in [9.17, 15) is 54.3 Å². The highest BCUT2D eigenvalue weighted by Gasteiger charge is 2.72. The van der Waals surface area contributed by atoms with Crippen LogP contribution in [0.15, 0.2) is 6.07 Å². The predicted octanol–water partition coefficient (Wildman–Crippen LogP) is -2.82. The third-order valence-electron chi connectivity index (χ3n) is 10.7. The van der Waals surface area contributed by atoms with Crippen molar-refractivity contribution in [3.05, 3.63) is 17.2 Å². The van der Waals surface area contributed by atoms with E-state index in [1.807, 2.05) is 20.8 Å². The number of primary amides is 1. The average molecular weight is 762 g/mol. The Balaban J connectivity index is 1.68. The summed E-state index contributed by atoms with van der Waals surface area (Å²) in [6.45, 7) is 5.37. The maximum absolute atomic E-state index is 15.1. The number of nitrogens with one attached hydrogen (secondary N) is 2. The van der Waals surface area contributed by atoms with Crippen LogP contribution in [0.3, 0.4) is 0 Å². The molecule has 0 radical (unpaired) electrons. The molecule has 1 aliphatic heterocycles. The highest BCUT2D eigenvalue weighted by Crippen LogP contribution is 2.54. The molecule has 5 rings (SSSR count). The minimum absolute atomic E-state index is 0.0543. The van der Waals surface area contributed by atoms with Gasteiger partial charge in [-0.1, -0.05) is 0 Å². The van der Waals surface area contributed by atoms with E-state index < -0.39 is 118 Å². The van der Waals surface area contributed by atoms with Gasteiger partial charge in [-0.25, -0.2) is 4.79 Å². The van der Waals surface area contributed by atoms with Gasteiger partial charge in [0.05, 0.1) is 29.8 Å². The average Bonchev–Trinajstić information content (AvgIpc) is 3.05. The van der Waals surface area contributed by atoms with Crippen LogP contribution < -0.4 is 21.3 Å². The Bertz CT molecular complexity index is 1790. The van der Waals surface area contributed by atoms with Crippen LogP contribution in [0.5, 0.6) is 5.75 Å². The number of aliphatic carboxylic acids is 1. The summed E-state index contributed by atoms with van der Waals surface area (Å²) < 4.78 is 11.3. The molecule has 3 fully saturated rings. The van der Waals surface area contributed by atoms with Crippen molar-refractivity contribution in [1.82, 2.24) is 10.2 Å². The number of carbonyl (C=O) groups is 7. The Morgan fingerprint density at radius 1 is 1.02 bits per heavy atom. The van der Waals surface area contributed by atoms with Crippen LogP contribution in [-0.2, 0) is 44.7 Å². The molecule has 1 heterocycles. The number of likely N-dealkylation sites (N-methyl/N-ethyl adjacent to an activating group) is 1. The molecule has 2 saturated carbocycles. The Labute approximate surface area is 309 Å². The monoisotopic (exact) mass is 761 g/mol. The van der Waals surface area contributed by atoms with Gasteiger partial charge in [-0.3, -0.25) is 33.7 Å². The molecule has 1 saturated heterocycles. The Hall–Kier alpha value is -4.37. The number of ether oxygens (including phenoxy) is 2. The highest BCUT2D eigenvalue weighted by atomic mass is 16.7. The first-order valence-electron chi connectivity index (χ1n) is 17.3. The SMILES string of the molecule is CN(C)c1cc(NC(=O)CNC(C)(C)C)c(O)c2c1C[C@H]1C[C@H]3[C@H](N(C)C)C(=O)C(C(N)=O)C(=O)[C@@]3(O[C@@H]3O[C@H](C(=O)O)[C@@H](O)[C@H](O)[C@H]3O)C(=O)C1C2=O. The molecule has 3 aliphatic carbocycles. The number of aromatic hydroxyl groups is 1. The molecule has 0 bridgehead atoms. The van der Waals surface area contributed by atoms with Gasteiger partial charge < -0.3 is 56.3 Å². The number of rotatable bonds is 9.